The highest BCUT2D eigenvalue weighted by Gasteiger charge is 2.22. The molecule has 0 saturated heterocycles. The maximum atomic E-state index is 12.2. The van der Waals surface area contributed by atoms with E-state index >= 15 is 0 Å². The number of methoxy groups -OCH3 is 1. The molecule has 0 fully saturated rings. The molecule has 1 aromatic carbocycles. The van der Waals surface area contributed by atoms with Gasteiger partial charge in [0.05, 0.1) is 13.2 Å². The van der Waals surface area contributed by atoms with Gasteiger partial charge in [0.25, 0.3) is 0 Å². The highest BCUT2D eigenvalue weighted by Crippen LogP contribution is 2.22. The number of hydrogen-bond donors (Lipinski definition) is 2. The number of hydrogen-bond acceptors (Lipinski definition) is 4. The molecule has 2 N–H and O–H groups in total. The van der Waals surface area contributed by atoms with Crippen molar-refractivity contribution in [2.45, 2.75) is 25.9 Å². The Morgan fingerprint density at radius 3 is 2.46 bits per heavy atom. The molecule has 2 rings (SSSR count). The van der Waals surface area contributed by atoms with Crippen molar-refractivity contribution < 1.29 is 14.3 Å². The molecular weight excluding hydrogens is 330 g/mol. The van der Waals surface area contributed by atoms with E-state index in [1.54, 1.807) is 7.11 Å². The van der Waals surface area contributed by atoms with Gasteiger partial charge in [-0.2, -0.15) is 0 Å². The zero-order valence-electron chi connectivity index (χ0n) is 14.0. The van der Waals surface area contributed by atoms with Gasteiger partial charge in [0.15, 0.2) is 0 Å². The summed E-state index contributed by atoms with van der Waals surface area (Å²) < 4.78 is 4.88. The summed E-state index contributed by atoms with van der Waals surface area (Å²) in [6.45, 7) is 3.43. The molecule has 0 atom stereocenters. The Bertz CT molecular complexity index is 515. The molecule has 0 radical (unpaired) electrons. The summed E-state index contributed by atoms with van der Waals surface area (Å²) in [5.41, 5.74) is 2.47. The molecule has 24 heavy (non-hydrogen) atoms. The van der Waals surface area contributed by atoms with Crippen molar-refractivity contribution in [2.75, 3.05) is 33.4 Å². The van der Waals surface area contributed by atoms with Crippen LogP contribution in [0.3, 0.4) is 0 Å². The Balaban J connectivity index is 0.00000288. The molecule has 0 saturated carbocycles. The van der Waals surface area contributed by atoms with Gasteiger partial charge in [-0.1, -0.05) is 24.3 Å². The smallest absolute Gasteiger partial charge is 0.233 e. The van der Waals surface area contributed by atoms with Gasteiger partial charge in [0, 0.05) is 39.7 Å². The van der Waals surface area contributed by atoms with E-state index in [4.69, 9.17) is 4.74 Å². The lowest BCUT2D eigenvalue weighted by Gasteiger charge is -2.15. The van der Waals surface area contributed by atoms with Crippen molar-refractivity contribution in [3.8, 4) is 0 Å². The zero-order chi connectivity index (χ0) is 16.5. The average molecular weight is 356 g/mol. The van der Waals surface area contributed by atoms with Crippen molar-refractivity contribution in [1.29, 1.82) is 0 Å². The fraction of sp³-hybridized carbons (Fsp3) is 0.529. The third kappa shape index (κ3) is 6.47. The maximum absolute atomic E-state index is 12.2. The van der Waals surface area contributed by atoms with Crippen molar-refractivity contribution in [2.24, 2.45) is 0 Å². The van der Waals surface area contributed by atoms with Gasteiger partial charge in [-0.15, -0.1) is 12.4 Å². The van der Waals surface area contributed by atoms with E-state index in [9.17, 15) is 9.59 Å². The van der Waals surface area contributed by atoms with Crippen LogP contribution in [-0.4, -0.2) is 50.1 Å². The number of fused-ring (bicyclic) bond motifs is 1. The summed E-state index contributed by atoms with van der Waals surface area (Å²) in [6, 6.07) is 8.14. The van der Waals surface area contributed by atoms with E-state index in [1.165, 1.54) is 11.1 Å². The Labute approximate surface area is 149 Å². The van der Waals surface area contributed by atoms with E-state index < -0.39 is 0 Å². The van der Waals surface area contributed by atoms with Crippen LogP contribution in [0.2, 0.25) is 0 Å². The molecular formula is C17H26ClN3O3. The second kappa shape index (κ2) is 11.0. The molecule has 0 bridgehead atoms. The van der Waals surface area contributed by atoms with Gasteiger partial charge in [-0.3, -0.25) is 9.59 Å². The van der Waals surface area contributed by atoms with Gasteiger partial charge in [-0.05, 0) is 17.5 Å². The van der Waals surface area contributed by atoms with Crippen LogP contribution in [0.15, 0.2) is 24.3 Å². The number of carbonyl (C=O) groups excluding carboxylic acids is 2. The van der Waals surface area contributed by atoms with Crippen LogP contribution in [0.4, 0.5) is 0 Å². The van der Waals surface area contributed by atoms with Gasteiger partial charge in [-0.25, -0.2) is 0 Å². The van der Waals surface area contributed by atoms with Crippen LogP contribution in [0.25, 0.3) is 0 Å². The Morgan fingerprint density at radius 2 is 1.83 bits per heavy atom. The fourth-order valence-corrected chi connectivity index (χ4v) is 2.57. The quantitative estimate of drug-likeness (QED) is 0.650. The predicted molar refractivity (Wildman–Crippen MR) is 94.9 cm³/mol. The van der Waals surface area contributed by atoms with Crippen molar-refractivity contribution in [1.82, 2.24) is 15.5 Å². The third-order valence-electron chi connectivity index (χ3n) is 3.85. The highest BCUT2D eigenvalue weighted by molar-refractivity contribution is 5.85. The summed E-state index contributed by atoms with van der Waals surface area (Å²) in [5, 5.41) is 5.79. The second-order valence-corrected chi connectivity index (χ2v) is 5.64. The molecule has 1 heterocycles. The molecule has 7 heteroatoms. The fourth-order valence-electron chi connectivity index (χ4n) is 2.57. The highest BCUT2D eigenvalue weighted by atomic mass is 35.5. The van der Waals surface area contributed by atoms with Crippen molar-refractivity contribution >= 4 is 24.2 Å². The van der Waals surface area contributed by atoms with Gasteiger partial charge in [0.2, 0.25) is 11.8 Å². The maximum Gasteiger partial charge on any atom is 0.233 e. The standard InChI is InChI=1S/C17H25N3O3.ClH/c1-23-10-9-18-11-16(21)19-8-4-7-17(22)20-12-14-5-2-3-6-15(14)13-20;/h2-3,5-6,18H,4,7-13H2,1H3,(H,19,21);1H. The predicted octanol–water partition coefficient (Wildman–Crippen LogP) is 1.08. The number of ether oxygens (including phenoxy) is 1. The van der Waals surface area contributed by atoms with Crippen LogP contribution in [0.5, 0.6) is 0 Å². The molecule has 1 aromatic rings. The molecule has 1 aliphatic rings. The zero-order valence-corrected chi connectivity index (χ0v) is 14.9. The number of nitrogens with zero attached hydrogens (tertiary/aromatic N) is 1. The SMILES string of the molecule is COCCNCC(=O)NCCCC(=O)N1Cc2ccccc2C1.Cl. The number of carbonyl (C=O) groups is 2. The minimum Gasteiger partial charge on any atom is -0.383 e. The second-order valence-electron chi connectivity index (χ2n) is 5.64. The number of amides is 2. The van der Waals surface area contributed by atoms with E-state index in [1.807, 2.05) is 17.0 Å². The third-order valence-corrected chi connectivity index (χ3v) is 3.85. The Kier molecular flexibility index (Phi) is 9.37. The molecule has 0 unspecified atom stereocenters. The van der Waals surface area contributed by atoms with Gasteiger partial charge < -0.3 is 20.3 Å². The molecule has 1 aliphatic heterocycles. The first-order valence-electron chi connectivity index (χ1n) is 8.01. The van der Waals surface area contributed by atoms with E-state index in [-0.39, 0.29) is 30.8 Å². The van der Waals surface area contributed by atoms with Crippen LogP contribution in [0, 0.1) is 0 Å². The van der Waals surface area contributed by atoms with E-state index in [2.05, 4.69) is 22.8 Å². The normalized spacial score (nSPS) is 12.5. The van der Waals surface area contributed by atoms with Crippen molar-refractivity contribution in [3.63, 3.8) is 0 Å². The average Bonchev–Trinajstić information content (AvgIpc) is 2.99. The largest absolute Gasteiger partial charge is 0.383 e. The lowest BCUT2D eigenvalue weighted by Crippen LogP contribution is -2.36. The number of rotatable bonds is 9. The number of halogens is 1. The Morgan fingerprint density at radius 1 is 1.17 bits per heavy atom. The molecule has 0 aromatic heterocycles. The first-order valence-corrected chi connectivity index (χ1v) is 8.01. The summed E-state index contributed by atoms with van der Waals surface area (Å²) in [6.07, 6.45) is 1.13. The molecule has 0 spiro atoms. The van der Waals surface area contributed by atoms with Gasteiger partial charge >= 0.3 is 0 Å². The molecule has 6 nitrogen and oxygen atoms in total. The van der Waals surface area contributed by atoms with Crippen LogP contribution >= 0.6 is 12.4 Å². The minimum atomic E-state index is -0.0536. The number of nitrogens with one attached hydrogen (secondary N) is 2. The lowest BCUT2D eigenvalue weighted by molar-refractivity contribution is -0.132. The van der Waals surface area contributed by atoms with Crippen LogP contribution in [-0.2, 0) is 27.4 Å². The monoisotopic (exact) mass is 355 g/mol. The summed E-state index contributed by atoms with van der Waals surface area (Å²) in [5.74, 6) is 0.0933. The van der Waals surface area contributed by atoms with Crippen LogP contribution in [0.1, 0.15) is 24.0 Å². The summed E-state index contributed by atoms with van der Waals surface area (Å²) in [4.78, 5) is 25.6. The number of benzene rings is 1. The van der Waals surface area contributed by atoms with Crippen LogP contribution < -0.4 is 10.6 Å². The summed E-state index contributed by atoms with van der Waals surface area (Å²) in [7, 11) is 1.62. The lowest BCUT2D eigenvalue weighted by atomic mass is 10.1. The molecule has 0 aliphatic carbocycles. The Hall–Kier alpha value is -1.63. The van der Waals surface area contributed by atoms with Gasteiger partial charge in [0.1, 0.15) is 0 Å². The van der Waals surface area contributed by atoms with E-state index in [0.717, 1.165) is 0 Å². The molecule has 2 amide bonds. The summed E-state index contributed by atoms with van der Waals surface area (Å²) >= 11 is 0. The first-order chi connectivity index (χ1) is 11.2. The molecule has 134 valence electrons. The topological polar surface area (TPSA) is 70.7 Å². The minimum absolute atomic E-state index is 0. The van der Waals surface area contributed by atoms with E-state index in [0.29, 0.717) is 45.6 Å². The van der Waals surface area contributed by atoms with Crippen molar-refractivity contribution in [3.05, 3.63) is 35.4 Å². The first kappa shape index (κ1) is 20.4.